The molecule has 0 aromatic heterocycles. The molecule has 0 saturated carbocycles. The molecule has 0 rings (SSSR count). The Bertz CT molecular complexity index is 469. The van der Waals surface area contributed by atoms with Crippen molar-refractivity contribution in [3.63, 3.8) is 0 Å². The lowest BCUT2D eigenvalue weighted by Crippen LogP contribution is -2.53. The lowest BCUT2D eigenvalue weighted by atomic mass is 9.99. The predicted octanol–water partition coefficient (Wildman–Crippen LogP) is 2.88. The van der Waals surface area contributed by atoms with E-state index in [2.05, 4.69) is 5.32 Å². The van der Waals surface area contributed by atoms with E-state index >= 15 is 0 Å². The van der Waals surface area contributed by atoms with Gasteiger partial charge in [-0.2, -0.15) is 0 Å². The standard InChI is InChI=1S/C18H34N2O5/c1-11(2)9-13(19-17(24)25-18(5,6)7)15(21)20(8)14(16(22)23)10-12(3)4/h11-14H,9-10H2,1-8H3,(H,19,24)(H,22,23)/t13-,14-/m0/s1. The Balaban J connectivity index is 5.26. The molecule has 2 atom stereocenters. The van der Waals surface area contributed by atoms with Crippen molar-refractivity contribution < 1.29 is 24.2 Å². The fourth-order valence-corrected chi connectivity index (χ4v) is 2.41. The molecular formula is C18H34N2O5. The summed E-state index contributed by atoms with van der Waals surface area (Å²) in [5.41, 5.74) is -0.678. The number of carbonyl (C=O) groups excluding carboxylic acids is 2. The third-order valence-electron chi connectivity index (χ3n) is 3.49. The van der Waals surface area contributed by atoms with Gasteiger partial charge < -0.3 is 20.1 Å². The van der Waals surface area contributed by atoms with Crippen molar-refractivity contribution in [2.24, 2.45) is 11.8 Å². The van der Waals surface area contributed by atoms with Crippen LogP contribution in [0.15, 0.2) is 0 Å². The van der Waals surface area contributed by atoms with E-state index in [9.17, 15) is 19.5 Å². The van der Waals surface area contributed by atoms with Gasteiger partial charge in [0.1, 0.15) is 17.7 Å². The van der Waals surface area contributed by atoms with E-state index in [1.807, 2.05) is 27.7 Å². The first-order valence-electron chi connectivity index (χ1n) is 8.73. The third-order valence-corrected chi connectivity index (χ3v) is 3.49. The maximum Gasteiger partial charge on any atom is 0.408 e. The maximum absolute atomic E-state index is 12.8. The summed E-state index contributed by atoms with van der Waals surface area (Å²) < 4.78 is 5.22. The number of likely N-dealkylation sites (N-methyl/N-ethyl adjacent to an activating group) is 1. The van der Waals surface area contributed by atoms with Crippen molar-refractivity contribution >= 4 is 18.0 Å². The molecule has 0 spiro atoms. The van der Waals surface area contributed by atoms with Gasteiger partial charge >= 0.3 is 12.1 Å². The molecule has 146 valence electrons. The van der Waals surface area contributed by atoms with Crippen molar-refractivity contribution in [3.05, 3.63) is 0 Å². The highest BCUT2D eigenvalue weighted by Crippen LogP contribution is 2.15. The Morgan fingerprint density at radius 2 is 1.52 bits per heavy atom. The van der Waals surface area contributed by atoms with Crippen LogP contribution in [0.2, 0.25) is 0 Å². The monoisotopic (exact) mass is 358 g/mol. The zero-order chi connectivity index (χ0) is 19.9. The fraction of sp³-hybridized carbons (Fsp3) is 0.833. The molecule has 0 heterocycles. The molecule has 2 amide bonds. The summed E-state index contributed by atoms with van der Waals surface area (Å²) in [6.07, 6.45) is 0.0603. The normalized spacial score (nSPS) is 14.2. The van der Waals surface area contributed by atoms with Gasteiger partial charge in [0.05, 0.1) is 0 Å². The van der Waals surface area contributed by atoms with E-state index in [-0.39, 0.29) is 11.8 Å². The number of amides is 2. The summed E-state index contributed by atoms with van der Waals surface area (Å²) in [6, 6.07) is -1.75. The Labute approximate surface area is 151 Å². The van der Waals surface area contributed by atoms with Crippen LogP contribution >= 0.6 is 0 Å². The van der Waals surface area contributed by atoms with Gasteiger partial charge in [-0.1, -0.05) is 27.7 Å². The molecule has 0 aliphatic carbocycles. The number of hydrogen-bond donors (Lipinski definition) is 2. The first-order valence-corrected chi connectivity index (χ1v) is 8.73. The number of ether oxygens (including phenoxy) is 1. The minimum atomic E-state index is -1.05. The molecule has 0 aromatic rings. The Morgan fingerprint density at radius 3 is 1.88 bits per heavy atom. The lowest BCUT2D eigenvalue weighted by molar-refractivity contribution is -0.150. The molecule has 0 aliphatic heterocycles. The van der Waals surface area contributed by atoms with Crippen LogP contribution in [0.3, 0.4) is 0 Å². The van der Waals surface area contributed by atoms with Crippen LogP contribution < -0.4 is 5.32 Å². The summed E-state index contributed by atoms with van der Waals surface area (Å²) in [5.74, 6) is -1.21. The fourth-order valence-electron chi connectivity index (χ4n) is 2.41. The van der Waals surface area contributed by atoms with E-state index in [4.69, 9.17) is 4.74 Å². The highest BCUT2D eigenvalue weighted by molar-refractivity contribution is 5.89. The molecule has 0 aliphatic rings. The summed E-state index contributed by atoms with van der Waals surface area (Å²) in [7, 11) is 1.47. The second kappa shape index (κ2) is 9.63. The quantitative estimate of drug-likeness (QED) is 0.695. The molecule has 25 heavy (non-hydrogen) atoms. The average molecular weight is 358 g/mol. The smallest absolute Gasteiger partial charge is 0.408 e. The number of alkyl carbamates (subject to hydrolysis) is 1. The maximum atomic E-state index is 12.8. The summed E-state index contributed by atoms with van der Waals surface area (Å²) in [4.78, 5) is 37.6. The molecule has 0 radical (unpaired) electrons. The van der Waals surface area contributed by atoms with Crippen molar-refractivity contribution in [3.8, 4) is 0 Å². The minimum absolute atomic E-state index is 0.124. The zero-order valence-electron chi connectivity index (χ0n) is 16.8. The highest BCUT2D eigenvalue weighted by Gasteiger charge is 2.33. The molecule has 0 unspecified atom stereocenters. The summed E-state index contributed by atoms with van der Waals surface area (Å²) in [6.45, 7) is 12.9. The summed E-state index contributed by atoms with van der Waals surface area (Å²) >= 11 is 0. The first-order chi connectivity index (χ1) is 11.2. The van der Waals surface area contributed by atoms with E-state index in [1.165, 1.54) is 11.9 Å². The number of carbonyl (C=O) groups is 3. The van der Waals surface area contributed by atoms with Crippen LogP contribution in [-0.2, 0) is 14.3 Å². The van der Waals surface area contributed by atoms with E-state index < -0.39 is 35.7 Å². The molecular weight excluding hydrogens is 324 g/mol. The third kappa shape index (κ3) is 9.31. The van der Waals surface area contributed by atoms with Gasteiger partial charge in [-0.3, -0.25) is 4.79 Å². The van der Waals surface area contributed by atoms with Gasteiger partial charge in [-0.05, 0) is 45.4 Å². The van der Waals surface area contributed by atoms with Crippen LogP contribution in [-0.4, -0.2) is 52.7 Å². The minimum Gasteiger partial charge on any atom is -0.480 e. The second-order valence-electron chi connectivity index (χ2n) is 8.26. The largest absolute Gasteiger partial charge is 0.480 e. The molecule has 2 N–H and O–H groups in total. The van der Waals surface area contributed by atoms with Gasteiger partial charge in [0.25, 0.3) is 0 Å². The SMILES string of the molecule is CC(C)C[C@H](NC(=O)OC(C)(C)C)C(=O)N(C)[C@@H](CC(C)C)C(=O)O. The second-order valence-corrected chi connectivity index (χ2v) is 8.26. The van der Waals surface area contributed by atoms with Gasteiger partial charge in [0.15, 0.2) is 0 Å². The van der Waals surface area contributed by atoms with Crippen LogP contribution in [0.4, 0.5) is 4.79 Å². The Morgan fingerprint density at radius 1 is 1.04 bits per heavy atom. The number of nitrogens with zero attached hydrogens (tertiary/aromatic N) is 1. The number of carboxylic acids is 1. The number of carboxylic acid groups (broad SMARTS) is 1. The van der Waals surface area contributed by atoms with Crippen LogP contribution in [0.25, 0.3) is 0 Å². The molecule has 0 bridgehead atoms. The van der Waals surface area contributed by atoms with Crippen molar-refractivity contribution in [1.29, 1.82) is 0 Å². The number of aliphatic carboxylic acids is 1. The number of hydrogen-bond acceptors (Lipinski definition) is 4. The number of rotatable bonds is 8. The Kier molecular flexibility index (Phi) is 8.94. The first kappa shape index (κ1) is 23.2. The van der Waals surface area contributed by atoms with Crippen molar-refractivity contribution in [2.45, 2.75) is 79.0 Å². The van der Waals surface area contributed by atoms with Crippen LogP contribution in [0.1, 0.15) is 61.3 Å². The lowest BCUT2D eigenvalue weighted by Gasteiger charge is -2.31. The van der Waals surface area contributed by atoms with Gasteiger partial charge in [-0.25, -0.2) is 9.59 Å². The van der Waals surface area contributed by atoms with Crippen LogP contribution in [0, 0.1) is 11.8 Å². The average Bonchev–Trinajstić information content (AvgIpc) is 2.39. The molecule has 7 nitrogen and oxygen atoms in total. The van der Waals surface area contributed by atoms with E-state index in [0.29, 0.717) is 12.8 Å². The van der Waals surface area contributed by atoms with E-state index in [1.54, 1.807) is 20.8 Å². The molecule has 7 heteroatoms. The van der Waals surface area contributed by atoms with Crippen molar-refractivity contribution in [1.82, 2.24) is 10.2 Å². The van der Waals surface area contributed by atoms with Crippen LogP contribution in [0.5, 0.6) is 0 Å². The summed E-state index contributed by atoms with van der Waals surface area (Å²) in [5, 5.41) is 12.0. The van der Waals surface area contributed by atoms with Gasteiger partial charge in [0, 0.05) is 7.05 Å². The highest BCUT2D eigenvalue weighted by atomic mass is 16.6. The molecule has 0 saturated heterocycles. The van der Waals surface area contributed by atoms with Gasteiger partial charge in [0.2, 0.25) is 5.91 Å². The number of nitrogens with one attached hydrogen (secondary N) is 1. The Hall–Kier alpha value is -1.79. The molecule has 0 aromatic carbocycles. The molecule has 0 fully saturated rings. The van der Waals surface area contributed by atoms with E-state index in [0.717, 1.165) is 0 Å². The van der Waals surface area contributed by atoms with Crippen molar-refractivity contribution in [2.75, 3.05) is 7.05 Å². The topological polar surface area (TPSA) is 95.9 Å². The predicted molar refractivity (Wildman–Crippen MR) is 96.3 cm³/mol. The van der Waals surface area contributed by atoms with Gasteiger partial charge in [-0.15, -0.1) is 0 Å². The zero-order valence-corrected chi connectivity index (χ0v) is 16.8.